The van der Waals surface area contributed by atoms with Crippen LogP contribution in [0.3, 0.4) is 0 Å². The number of likely N-dealkylation sites (tertiary alicyclic amines) is 1. The van der Waals surface area contributed by atoms with Gasteiger partial charge in [-0.05, 0) is 51.4 Å². The van der Waals surface area contributed by atoms with E-state index < -0.39 is 0 Å². The van der Waals surface area contributed by atoms with Crippen molar-refractivity contribution in [1.29, 1.82) is 0 Å². The maximum atomic E-state index is 12.4. The average molecular weight is 310 g/mol. The first-order valence-electron chi connectivity index (χ1n) is 8.89. The Bertz CT molecular complexity index is 384. The van der Waals surface area contributed by atoms with Crippen LogP contribution in [0, 0.1) is 17.8 Å². The summed E-state index contributed by atoms with van der Waals surface area (Å²) in [4.78, 5) is 14.4. The van der Waals surface area contributed by atoms with Gasteiger partial charge >= 0.3 is 6.03 Å². The van der Waals surface area contributed by atoms with Gasteiger partial charge in [0.15, 0.2) is 0 Å². The van der Waals surface area contributed by atoms with E-state index in [0.29, 0.717) is 17.9 Å². The zero-order chi connectivity index (χ0) is 15.5. The van der Waals surface area contributed by atoms with E-state index in [4.69, 9.17) is 9.47 Å². The molecule has 126 valence electrons. The van der Waals surface area contributed by atoms with E-state index in [1.807, 2.05) is 4.90 Å². The van der Waals surface area contributed by atoms with Crippen LogP contribution in [-0.4, -0.2) is 56.0 Å². The van der Waals surface area contributed by atoms with Crippen molar-refractivity contribution in [2.24, 2.45) is 17.8 Å². The molecule has 4 unspecified atom stereocenters. The minimum atomic E-state index is 0.112. The fourth-order valence-corrected chi connectivity index (χ4v) is 4.27. The highest BCUT2D eigenvalue weighted by Crippen LogP contribution is 2.31. The molecule has 2 amide bonds. The summed E-state index contributed by atoms with van der Waals surface area (Å²) in [7, 11) is 0. The second-order valence-corrected chi connectivity index (χ2v) is 7.28. The summed E-state index contributed by atoms with van der Waals surface area (Å²) < 4.78 is 11.2. The average Bonchev–Trinajstić information content (AvgIpc) is 3.12. The van der Waals surface area contributed by atoms with E-state index in [0.717, 1.165) is 64.4 Å². The van der Waals surface area contributed by atoms with Gasteiger partial charge in [-0.3, -0.25) is 0 Å². The van der Waals surface area contributed by atoms with Gasteiger partial charge in [0.25, 0.3) is 0 Å². The molecule has 3 heterocycles. The van der Waals surface area contributed by atoms with Crippen molar-refractivity contribution >= 4 is 6.03 Å². The summed E-state index contributed by atoms with van der Waals surface area (Å²) in [5, 5.41) is 3.12. The normalized spacial score (nSPS) is 36.7. The highest BCUT2D eigenvalue weighted by Gasteiger charge is 2.34. The Balaban J connectivity index is 1.41. The molecule has 0 aromatic heterocycles. The van der Waals surface area contributed by atoms with Crippen LogP contribution in [0.5, 0.6) is 0 Å². The minimum absolute atomic E-state index is 0.112. The minimum Gasteiger partial charge on any atom is -0.381 e. The Morgan fingerprint density at radius 2 is 1.95 bits per heavy atom. The number of ether oxygens (including phenoxy) is 2. The lowest BCUT2D eigenvalue weighted by Gasteiger charge is -2.27. The molecule has 5 nitrogen and oxygen atoms in total. The number of hydrogen-bond acceptors (Lipinski definition) is 3. The summed E-state index contributed by atoms with van der Waals surface area (Å²) in [6.45, 7) is 8.57. The first-order valence-corrected chi connectivity index (χ1v) is 8.89. The van der Waals surface area contributed by atoms with Gasteiger partial charge in [-0.15, -0.1) is 0 Å². The lowest BCUT2D eigenvalue weighted by molar-refractivity contribution is 0.0484. The van der Waals surface area contributed by atoms with E-state index in [9.17, 15) is 4.79 Å². The predicted octanol–water partition coefficient (Wildman–Crippen LogP) is 2.26. The van der Waals surface area contributed by atoms with Crippen molar-refractivity contribution in [3.05, 3.63) is 0 Å². The first-order chi connectivity index (χ1) is 10.6. The van der Waals surface area contributed by atoms with Gasteiger partial charge in [-0.25, -0.2) is 4.79 Å². The van der Waals surface area contributed by atoms with Crippen LogP contribution in [0.15, 0.2) is 0 Å². The standard InChI is InChI=1S/C17H30N2O3/c1-12-9-16(13(2)22-12)10-18-17(20)19-6-3-15(11-19)14-4-7-21-8-5-14/h12-16H,3-11H2,1-2H3,(H,18,20). The number of nitrogens with zero attached hydrogens (tertiary/aromatic N) is 1. The lowest BCUT2D eigenvalue weighted by Crippen LogP contribution is -2.42. The Hall–Kier alpha value is -0.810. The molecule has 0 spiro atoms. The Morgan fingerprint density at radius 3 is 2.64 bits per heavy atom. The summed E-state index contributed by atoms with van der Waals surface area (Å²) >= 11 is 0. The summed E-state index contributed by atoms with van der Waals surface area (Å²) in [5.74, 6) is 1.87. The van der Waals surface area contributed by atoms with Crippen LogP contribution < -0.4 is 5.32 Å². The van der Waals surface area contributed by atoms with Crippen molar-refractivity contribution in [1.82, 2.24) is 10.2 Å². The van der Waals surface area contributed by atoms with Gasteiger partial charge in [0.05, 0.1) is 12.2 Å². The van der Waals surface area contributed by atoms with Crippen molar-refractivity contribution in [3.8, 4) is 0 Å². The molecular weight excluding hydrogens is 280 g/mol. The molecule has 0 saturated carbocycles. The second kappa shape index (κ2) is 7.18. The molecule has 22 heavy (non-hydrogen) atoms. The highest BCUT2D eigenvalue weighted by molar-refractivity contribution is 5.74. The van der Waals surface area contributed by atoms with Gasteiger partial charge in [-0.1, -0.05) is 0 Å². The third-order valence-corrected chi connectivity index (χ3v) is 5.71. The second-order valence-electron chi connectivity index (χ2n) is 7.28. The van der Waals surface area contributed by atoms with Gasteiger partial charge < -0.3 is 19.7 Å². The first kappa shape index (κ1) is 16.1. The molecule has 0 aliphatic carbocycles. The van der Waals surface area contributed by atoms with Gasteiger partial charge in [0, 0.05) is 38.8 Å². The van der Waals surface area contributed by atoms with Crippen LogP contribution in [0.1, 0.15) is 39.5 Å². The number of rotatable bonds is 3. The van der Waals surface area contributed by atoms with Crippen LogP contribution >= 0.6 is 0 Å². The molecule has 0 aromatic carbocycles. The molecule has 3 aliphatic heterocycles. The van der Waals surface area contributed by atoms with E-state index in [1.165, 1.54) is 0 Å². The molecular formula is C17H30N2O3. The number of amides is 2. The number of urea groups is 1. The smallest absolute Gasteiger partial charge is 0.317 e. The van der Waals surface area contributed by atoms with E-state index in [2.05, 4.69) is 19.2 Å². The molecule has 3 aliphatic rings. The number of nitrogens with one attached hydrogen (secondary N) is 1. The zero-order valence-corrected chi connectivity index (χ0v) is 13.9. The third-order valence-electron chi connectivity index (χ3n) is 5.71. The highest BCUT2D eigenvalue weighted by atomic mass is 16.5. The Kier molecular flexibility index (Phi) is 5.24. The third kappa shape index (κ3) is 3.74. The van der Waals surface area contributed by atoms with E-state index in [-0.39, 0.29) is 12.1 Å². The van der Waals surface area contributed by atoms with Crippen molar-refractivity contribution < 1.29 is 14.3 Å². The van der Waals surface area contributed by atoms with E-state index >= 15 is 0 Å². The predicted molar refractivity (Wildman–Crippen MR) is 84.7 cm³/mol. The van der Waals surface area contributed by atoms with Crippen molar-refractivity contribution in [2.45, 2.75) is 51.7 Å². The fourth-order valence-electron chi connectivity index (χ4n) is 4.27. The lowest BCUT2D eigenvalue weighted by atomic mass is 9.85. The molecule has 3 saturated heterocycles. The van der Waals surface area contributed by atoms with Gasteiger partial charge in [0.2, 0.25) is 0 Å². The SMILES string of the molecule is CC1CC(CNC(=O)N2CCC(C3CCOCC3)C2)C(C)O1. The molecule has 5 heteroatoms. The summed E-state index contributed by atoms with van der Waals surface area (Å²) in [6, 6.07) is 0.112. The quantitative estimate of drug-likeness (QED) is 0.870. The van der Waals surface area contributed by atoms with Gasteiger partial charge in [-0.2, -0.15) is 0 Å². The molecule has 4 atom stereocenters. The summed E-state index contributed by atoms with van der Waals surface area (Å²) in [6.07, 6.45) is 5.10. The topological polar surface area (TPSA) is 50.8 Å². The molecule has 0 radical (unpaired) electrons. The summed E-state index contributed by atoms with van der Waals surface area (Å²) in [5.41, 5.74) is 0. The Morgan fingerprint density at radius 1 is 1.18 bits per heavy atom. The van der Waals surface area contributed by atoms with Crippen molar-refractivity contribution in [3.63, 3.8) is 0 Å². The maximum absolute atomic E-state index is 12.4. The Labute approximate surface area is 133 Å². The number of carbonyl (C=O) groups excluding carboxylic acids is 1. The molecule has 3 fully saturated rings. The molecule has 0 aromatic rings. The zero-order valence-electron chi connectivity index (χ0n) is 13.9. The fraction of sp³-hybridized carbons (Fsp3) is 0.941. The van der Waals surface area contributed by atoms with Crippen LogP contribution in [0.4, 0.5) is 4.79 Å². The van der Waals surface area contributed by atoms with Crippen LogP contribution in [0.2, 0.25) is 0 Å². The van der Waals surface area contributed by atoms with Crippen LogP contribution in [-0.2, 0) is 9.47 Å². The van der Waals surface area contributed by atoms with Crippen molar-refractivity contribution in [2.75, 3.05) is 32.8 Å². The maximum Gasteiger partial charge on any atom is 0.317 e. The molecule has 1 N–H and O–H groups in total. The van der Waals surface area contributed by atoms with Crippen LogP contribution in [0.25, 0.3) is 0 Å². The molecule has 0 bridgehead atoms. The monoisotopic (exact) mass is 310 g/mol. The van der Waals surface area contributed by atoms with E-state index in [1.54, 1.807) is 0 Å². The van der Waals surface area contributed by atoms with Gasteiger partial charge in [0.1, 0.15) is 0 Å². The largest absolute Gasteiger partial charge is 0.381 e. The number of hydrogen-bond donors (Lipinski definition) is 1. The molecule has 3 rings (SSSR count). The number of carbonyl (C=O) groups is 1.